The first kappa shape index (κ1) is 24.4. The lowest BCUT2D eigenvalue weighted by Gasteiger charge is -2.39. The van der Waals surface area contributed by atoms with Gasteiger partial charge < -0.3 is 18.9 Å². The predicted molar refractivity (Wildman–Crippen MR) is 113 cm³/mol. The summed E-state index contributed by atoms with van der Waals surface area (Å²) in [5, 5.41) is 0. The fraction of sp³-hybridized carbons (Fsp3) is 0.364. The Hall–Kier alpha value is -3.21. The average Bonchev–Trinajstić information content (AvgIpc) is 2.74. The molecule has 0 aliphatic carbocycles. The molecule has 8 nitrogen and oxygen atoms in total. The number of aromatic nitrogens is 1. The largest absolute Gasteiger partial charge is 0.472 e. The minimum Gasteiger partial charge on any atom is -0.472 e. The van der Waals surface area contributed by atoms with Crippen LogP contribution in [0.3, 0.4) is 0 Å². The van der Waals surface area contributed by atoms with E-state index in [9.17, 15) is 23.2 Å². The van der Waals surface area contributed by atoms with Crippen molar-refractivity contribution in [3.63, 3.8) is 0 Å². The summed E-state index contributed by atoms with van der Waals surface area (Å²) >= 11 is 1.04. The fourth-order valence-electron chi connectivity index (χ4n) is 3.30. The highest BCUT2D eigenvalue weighted by molar-refractivity contribution is 7.99. The maximum atomic E-state index is 14.6. The van der Waals surface area contributed by atoms with Crippen molar-refractivity contribution in [1.82, 2.24) is 4.98 Å². The molecule has 3 rings (SSSR count). The number of benzene rings is 1. The van der Waals surface area contributed by atoms with Gasteiger partial charge in [0, 0.05) is 38.9 Å². The lowest BCUT2D eigenvalue weighted by molar-refractivity contribution is -0.186. The summed E-state index contributed by atoms with van der Waals surface area (Å²) in [5.41, 5.74) is -0.175. The van der Waals surface area contributed by atoms with Gasteiger partial charge in [-0.3, -0.25) is 19.4 Å². The molecule has 11 heteroatoms. The smallest absolute Gasteiger partial charge is 0.303 e. The quantitative estimate of drug-likeness (QED) is 0.454. The molecule has 0 saturated carbocycles. The molecule has 0 N–H and O–H groups in total. The molecule has 33 heavy (non-hydrogen) atoms. The van der Waals surface area contributed by atoms with E-state index in [4.69, 9.17) is 18.9 Å². The molecule has 1 aliphatic heterocycles. The molecule has 1 aromatic heterocycles. The number of carbonyl (C=O) groups excluding carboxylic acids is 3. The fourth-order valence-corrected chi connectivity index (χ4v) is 4.50. The van der Waals surface area contributed by atoms with Gasteiger partial charge in [-0.2, -0.15) is 4.39 Å². The number of ether oxygens (including phenoxy) is 4. The second-order valence-electron chi connectivity index (χ2n) is 7.12. The monoisotopic (exact) mass is 481 g/mol. The molecule has 176 valence electrons. The SMILES string of the molecule is CC(=O)O[C@@H]1[C@@H](OC(C)=O)[C@H](OC(C)=O)CS[C@H]1Oc1cc(-c2ccncc2)cc(F)c1F. The van der Waals surface area contributed by atoms with Crippen molar-refractivity contribution in [1.29, 1.82) is 0 Å². The van der Waals surface area contributed by atoms with Crippen molar-refractivity contribution in [2.45, 2.75) is 44.5 Å². The number of thioether (sulfide) groups is 1. The topological polar surface area (TPSA) is 101 Å². The number of rotatable bonds is 6. The van der Waals surface area contributed by atoms with Gasteiger partial charge >= 0.3 is 17.9 Å². The van der Waals surface area contributed by atoms with Crippen molar-refractivity contribution >= 4 is 29.7 Å². The van der Waals surface area contributed by atoms with E-state index in [1.54, 1.807) is 12.1 Å². The summed E-state index contributed by atoms with van der Waals surface area (Å²) in [5.74, 6) is -4.78. The van der Waals surface area contributed by atoms with Crippen LogP contribution < -0.4 is 4.74 Å². The van der Waals surface area contributed by atoms with Gasteiger partial charge in [-0.15, -0.1) is 11.8 Å². The first-order valence-corrected chi connectivity index (χ1v) is 10.9. The first-order valence-electron chi connectivity index (χ1n) is 9.85. The van der Waals surface area contributed by atoms with Crippen molar-refractivity contribution in [2.24, 2.45) is 0 Å². The van der Waals surface area contributed by atoms with Crippen LogP contribution in [-0.2, 0) is 28.6 Å². The van der Waals surface area contributed by atoms with Gasteiger partial charge in [0.05, 0.1) is 0 Å². The molecular weight excluding hydrogens is 460 g/mol. The van der Waals surface area contributed by atoms with E-state index in [0.717, 1.165) is 31.7 Å². The Labute approximate surface area is 192 Å². The number of esters is 3. The van der Waals surface area contributed by atoms with Crippen LogP contribution in [0.1, 0.15) is 20.8 Å². The van der Waals surface area contributed by atoms with E-state index >= 15 is 0 Å². The van der Waals surface area contributed by atoms with E-state index < -0.39 is 59.0 Å². The van der Waals surface area contributed by atoms with Gasteiger partial charge in [0.25, 0.3) is 0 Å². The Bertz CT molecular complexity index is 1040. The van der Waals surface area contributed by atoms with E-state index in [2.05, 4.69) is 4.98 Å². The Morgan fingerprint density at radius 2 is 1.52 bits per heavy atom. The number of hydrogen-bond acceptors (Lipinski definition) is 9. The van der Waals surface area contributed by atoms with Gasteiger partial charge in [-0.25, -0.2) is 4.39 Å². The van der Waals surface area contributed by atoms with Gasteiger partial charge in [0.1, 0.15) is 0 Å². The molecule has 1 fully saturated rings. The van der Waals surface area contributed by atoms with Crippen molar-refractivity contribution in [2.75, 3.05) is 5.75 Å². The third kappa shape index (κ3) is 6.19. The van der Waals surface area contributed by atoms with E-state index in [0.29, 0.717) is 11.1 Å². The van der Waals surface area contributed by atoms with Crippen LogP contribution in [0.4, 0.5) is 8.78 Å². The van der Waals surface area contributed by atoms with Crippen LogP contribution in [0.15, 0.2) is 36.7 Å². The molecule has 0 radical (unpaired) electrons. The molecule has 1 saturated heterocycles. The lowest BCUT2D eigenvalue weighted by Crippen LogP contribution is -2.55. The molecule has 0 unspecified atom stereocenters. The molecule has 1 aromatic carbocycles. The summed E-state index contributed by atoms with van der Waals surface area (Å²) in [6, 6.07) is 5.56. The first-order chi connectivity index (χ1) is 15.7. The summed E-state index contributed by atoms with van der Waals surface area (Å²) in [4.78, 5) is 38.8. The number of pyridine rings is 1. The summed E-state index contributed by atoms with van der Waals surface area (Å²) in [6.07, 6.45) is -0.405. The molecule has 0 bridgehead atoms. The van der Waals surface area contributed by atoms with Crippen LogP contribution in [-0.4, -0.2) is 52.4 Å². The third-order valence-electron chi connectivity index (χ3n) is 4.56. The molecule has 0 spiro atoms. The Balaban J connectivity index is 1.95. The summed E-state index contributed by atoms with van der Waals surface area (Å²) < 4.78 is 50.5. The van der Waals surface area contributed by atoms with Gasteiger partial charge in [0.15, 0.2) is 35.3 Å². The summed E-state index contributed by atoms with van der Waals surface area (Å²) in [7, 11) is 0. The number of carbonyl (C=O) groups is 3. The van der Waals surface area contributed by atoms with Crippen LogP contribution in [0.5, 0.6) is 5.75 Å². The van der Waals surface area contributed by atoms with Gasteiger partial charge in [-0.05, 0) is 35.4 Å². The zero-order chi connectivity index (χ0) is 24.1. The number of hydrogen-bond donors (Lipinski definition) is 0. The van der Waals surface area contributed by atoms with Crippen LogP contribution in [0.25, 0.3) is 11.1 Å². The van der Waals surface area contributed by atoms with Crippen molar-refractivity contribution in [3.8, 4) is 16.9 Å². The molecule has 2 aromatic rings. The lowest BCUT2D eigenvalue weighted by atomic mass is 10.1. The van der Waals surface area contributed by atoms with Crippen LogP contribution in [0, 0.1) is 11.6 Å². The van der Waals surface area contributed by atoms with Crippen molar-refractivity contribution < 1.29 is 42.1 Å². The molecule has 2 heterocycles. The number of halogens is 2. The normalized spacial score (nSPS) is 22.2. The third-order valence-corrected chi connectivity index (χ3v) is 5.77. The minimum atomic E-state index is -1.26. The van der Waals surface area contributed by atoms with E-state index in [1.807, 2.05) is 0 Å². The highest BCUT2D eigenvalue weighted by Gasteiger charge is 2.48. The van der Waals surface area contributed by atoms with E-state index in [1.165, 1.54) is 25.4 Å². The minimum absolute atomic E-state index is 0.0914. The Kier molecular flexibility index (Phi) is 7.85. The molecular formula is C22H21F2NO7S. The summed E-state index contributed by atoms with van der Waals surface area (Å²) in [6.45, 7) is 3.45. The second kappa shape index (κ2) is 10.6. The Morgan fingerprint density at radius 1 is 0.909 bits per heavy atom. The average molecular weight is 481 g/mol. The van der Waals surface area contributed by atoms with Crippen LogP contribution in [0.2, 0.25) is 0 Å². The molecule has 0 amide bonds. The maximum Gasteiger partial charge on any atom is 0.303 e. The van der Waals surface area contributed by atoms with E-state index in [-0.39, 0.29) is 5.75 Å². The Morgan fingerprint density at radius 3 is 2.12 bits per heavy atom. The highest BCUT2D eigenvalue weighted by Crippen LogP contribution is 2.36. The maximum absolute atomic E-state index is 14.6. The predicted octanol–water partition coefficient (Wildman–Crippen LogP) is 3.27. The van der Waals surface area contributed by atoms with Gasteiger partial charge in [-0.1, -0.05) is 0 Å². The number of nitrogens with zero attached hydrogens (tertiary/aromatic N) is 1. The molecule has 4 atom stereocenters. The standard InChI is InChI=1S/C22H21F2NO7S/c1-11(26)29-18-10-33-22(21(31-13(3)28)20(18)30-12(2)27)32-17-9-15(8-16(23)19(17)24)14-4-6-25-7-5-14/h4-9,18,20-22H,10H2,1-3H3/t18-,20+,21-,22-/m1/s1. The highest BCUT2D eigenvalue weighted by atomic mass is 32.2. The van der Waals surface area contributed by atoms with Crippen LogP contribution >= 0.6 is 11.8 Å². The van der Waals surface area contributed by atoms with Crippen molar-refractivity contribution in [3.05, 3.63) is 48.3 Å². The second-order valence-corrected chi connectivity index (χ2v) is 8.25. The zero-order valence-corrected chi connectivity index (χ0v) is 18.8. The molecule has 1 aliphatic rings. The van der Waals surface area contributed by atoms with Gasteiger partial charge in [0.2, 0.25) is 5.82 Å². The zero-order valence-electron chi connectivity index (χ0n) is 17.9.